The molecular formula is C21H20FN3O3S. The molecule has 0 aliphatic carbocycles. The number of hydrogen-bond acceptors (Lipinski definition) is 4. The van der Waals surface area contributed by atoms with Gasteiger partial charge in [0.1, 0.15) is 12.4 Å². The minimum atomic E-state index is -4.07. The van der Waals surface area contributed by atoms with Crippen molar-refractivity contribution in [3.05, 3.63) is 90.0 Å². The highest BCUT2D eigenvalue weighted by molar-refractivity contribution is 7.92. The molecule has 0 unspecified atom stereocenters. The lowest BCUT2D eigenvalue weighted by Gasteiger charge is -2.24. The molecule has 0 bridgehead atoms. The number of pyridine rings is 1. The molecule has 2 aromatic carbocycles. The van der Waals surface area contributed by atoms with E-state index in [1.165, 1.54) is 12.1 Å². The standard InChI is InChI=1S/C21H20FN3O3S/c1-16-4-8-19(9-5-16)25(29(27,28)20-10-6-18(22)7-11-20)15-21(26)24-14-17-3-2-12-23-13-17/h2-13H,14-15H2,1H3,(H,24,26). The van der Waals surface area contributed by atoms with Crippen LogP contribution in [-0.2, 0) is 21.4 Å². The molecule has 6 nitrogen and oxygen atoms in total. The number of nitrogens with one attached hydrogen (secondary N) is 1. The van der Waals surface area contributed by atoms with Crippen molar-refractivity contribution in [2.24, 2.45) is 0 Å². The number of rotatable bonds is 7. The average Bonchev–Trinajstić information content (AvgIpc) is 2.72. The molecule has 1 aromatic heterocycles. The van der Waals surface area contributed by atoms with Crippen LogP contribution in [0.3, 0.4) is 0 Å². The number of carbonyl (C=O) groups is 1. The van der Waals surface area contributed by atoms with Crippen LogP contribution in [0.5, 0.6) is 0 Å². The number of sulfonamides is 1. The second kappa shape index (κ2) is 8.83. The fraction of sp³-hybridized carbons (Fsp3) is 0.143. The number of carbonyl (C=O) groups excluding carboxylic acids is 1. The zero-order valence-corrected chi connectivity index (χ0v) is 16.6. The van der Waals surface area contributed by atoms with Gasteiger partial charge in [-0.2, -0.15) is 0 Å². The van der Waals surface area contributed by atoms with Gasteiger partial charge in [-0.05, 0) is 55.0 Å². The molecule has 1 heterocycles. The van der Waals surface area contributed by atoms with Crippen LogP contribution < -0.4 is 9.62 Å². The van der Waals surface area contributed by atoms with E-state index < -0.39 is 28.3 Å². The molecule has 1 N–H and O–H groups in total. The molecule has 0 saturated carbocycles. The summed E-state index contributed by atoms with van der Waals surface area (Å²) in [5, 5.41) is 2.70. The van der Waals surface area contributed by atoms with Gasteiger partial charge in [0.25, 0.3) is 10.0 Å². The lowest BCUT2D eigenvalue weighted by Crippen LogP contribution is -2.40. The van der Waals surface area contributed by atoms with Gasteiger partial charge in [-0.1, -0.05) is 23.8 Å². The maximum absolute atomic E-state index is 13.2. The van der Waals surface area contributed by atoms with Crippen LogP contribution in [0.25, 0.3) is 0 Å². The third-order valence-electron chi connectivity index (χ3n) is 4.22. The molecule has 0 spiro atoms. The Morgan fingerprint density at radius 2 is 1.76 bits per heavy atom. The predicted molar refractivity (Wildman–Crippen MR) is 108 cm³/mol. The minimum absolute atomic E-state index is 0.0977. The minimum Gasteiger partial charge on any atom is -0.350 e. The van der Waals surface area contributed by atoms with E-state index in [1.54, 1.807) is 48.8 Å². The van der Waals surface area contributed by atoms with Gasteiger partial charge in [-0.3, -0.25) is 14.1 Å². The number of nitrogens with zero attached hydrogens (tertiary/aromatic N) is 2. The quantitative estimate of drug-likeness (QED) is 0.646. The van der Waals surface area contributed by atoms with Crippen molar-refractivity contribution in [3.63, 3.8) is 0 Å². The Hall–Kier alpha value is -3.26. The van der Waals surface area contributed by atoms with Crippen LogP contribution in [0.15, 0.2) is 78.0 Å². The van der Waals surface area contributed by atoms with Crippen molar-refractivity contribution in [2.75, 3.05) is 10.8 Å². The van der Waals surface area contributed by atoms with E-state index in [2.05, 4.69) is 10.3 Å². The van der Waals surface area contributed by atoms with E-state index in [0.29, 0.717) is 5.69 Å². The van der Waals surface area contributed by atoms with Crippen LogP contribution in [0.4, 0.5) is 10.1 Å². The van der Waals surface area contributed by atoms with E-state index >= 15 is 0 Å². The molecular weight excluding hydrogens is 393 g/mol. The number of anilines is 1. The molecule has 0 aliphatic heterocycles. The molecule has 0 atom stereocenters. The van der Waals surface area contributed by atoms with E-state index in [9.17, 15) is 17.6 Å². The number of benzene rings is 2. The van der Waals surface area contributed by atoms with Gasteiger partial charge in [0.15, 0.2) is 0 Å². The lowest BCUT2D eigenvalue weighted by molar-refractivity contribution is -0.119. The van der Waals surface area contributed by atoms with Crippen molar-refractivity contribution in [2.45, 2.75) is 18.4 Å². The lowest BCUT2D eigenvalue weighted by atomic mass is 10.2. The van der Waals surface area contributed by atoms with Crippen LogP contribution in [0, 0.1) is 12.7 Å². The highest BCUT2D eigenvalue weighted by Crippen LogP contribution is 2.24. The second-order valence-electron chi connectivity index (χ2n) is 6.44. The number of aromatic nitrogens is 1. The van der Waals surface area contributed by atoms with Gasteiger partial charge in [0, 0.05) is 18.9 Å². The van der Waals surface area contributed by atoms with Crippen molar-refractivity contribution in [1.29, 1.82) is 0 Å². The summed E-state index contributed by atoms with van der Waals surface area (Å²) in [7, 11) is -4.07. The van der Waals surface area contributed by atoms with Crippen molar-refractivity contribution >= 4 is 21.6 Å². The number of hydrogen-bond donors (Lipinski definition) is 1. The van der Waals surface area contributed by atoms with Crippen LogP contribution >= 0.6 is 0 Å². The van der Waals surface area contributed by atoms with Gasteiger partial charge in [0.05, 0.1) is 10.6 Å². The molecule has 3 aromatic rings. The van der Waals surface area contributed by atoms with Gasteiger partial charge in [-0.15, -0.1) is 0 Å². The summed E-state index contributed by atoms with van der Waals surface area (Å²) >= 11 is 0. The van der Waals surface area contributed by atoms with E-state index in [0.717, 1.165) is 27.6 Å². The zero-order chi connectivity index (χ0) is 20.9. The first-order valence-corrected chi connectivity index (χ1v) is 10.3. The first-order valence-electron chi connectivity index (χ1n) is 8.87. The summed E-state index contributed by atoms with van der Waals surface area (Å²) in [5.41, 5.74) is 2.09. The molecule has 150 valence electrons. The topological polar surface area (TPSA) is 79.4 Å². The smallest absolute Gasteiger partial charge is 0.264 e. The summed E-state index contributed by atoms with van der Waals surface area (Å²) in [5.74, 6) is -1.01. The second-order valence-corrected chi connectivity index (χ2v) is 8.30. The Morgan fingerprint density at radius 1 is 1.07 bits per heavy atom. The molecule has 0 saturated heterocycles. The molecule has 0 aliphatic rings. The Morgan fingerprint density at radius 3 is 2.38 bits per heavy atom. The van der Waals surface area contributed by atoms with E-state index in [4.69, 9.17) is 0 Å². The maximum atomic E-state index is 13.2. The molecule has 0 radical (unpaired) electrons. The predicted octanol–water partition coefficient (Wildman–Crippen LogP) is 3.04. The van der Waals surface area contributed by atoms with E-state index in [-0.39, 0.29) is 11.4 Å². The van der Waals surface area contributed by atoms with Crippen molar-refractivity contribution < 1.29 is 17.6 Å². The fourth-order valence-electron chi connectivity index (χ4n) is 2.65. The fourth-order valence-corrected chi connectivity index (χ4v) is 4.07. The average molecular weight is 413 g/mol. The highest BCUT2D eigenvalue weighted by Gasteiger charge is 2.27. The molecule has 29 heavy (non-hydrogen) atoms. The first-order chi connectivity index (χ1) is 13.9. The Kier molecular flexibility index (Phi) is 6.23. The van der Waals surface area contributed by atoms with Crippen LogP contribution in [0.1, 0.15) is 11.1 Å². The zero-order valence-electron chi connectivity index (χ0n) is 15.7. The molecule has 0 fully saturated rings. The summed E-state index contributed by atoms with van der Waals surface area (Å²) < 4.78 is 40.6. The Balaban J connectivity index is 1.86. The number of halogens is 1. The Labute approximate surface area is 169 Å². The summed E-state index contributed by atoms with van der Waals surface area (Å²) in [6.07, 6.45) is 3.24. The van der Waals surface area contributed by atoms with E-state index in [1.807, 2.05) is 6.92 Å². The van der Waals surface area contributed by atoms with Gasteiger partial charge >= 0.3 is 0 Å². The molecule has 8 heteroatoms. The SMILES string of the molecule is Cc1ccc(N(CC(=O)NCc2cccnc2)S(=O)(=O)c2ccc(F)cc2)cc1. The normalized spacial score (nSPS) is 11.1. The van der Waals surface area contributed by atoms with Crippen LogP contribution in [0.2, 0.25) is 0 Å². The van der Waals surface area contributed by atoms with Crippen molar-refractivity contribution in [3.8, 4) is 0 Å². The van der Waals surface area contributed by atoms with Crippen LogP contribution in [-0.4, -0.2) is 25.9 Å². The third-order valence-corrected chi connectivity index (χ3v) is 6.01. The summed E-state index contributed by atoms with van der Waals surface area (Å²) in [4.78, 5) is 16.4. The third kappa shape index (κ3) is 5.17. The molecule has 1 amide bonds. The van der Waals surface area contributed by atoms with Crippen molar-refractivity contribution in [1.82, 2.24) is 10.3 Å². The number of amides is 1. The number of aryl methyl sites for hydroxylation is 1. The summed E-state index contributed by atoms with van der Waals surface area (Å²) in [6, 6.07) is 14.8. The largest absolute Gasteiger partial charge is 0.350 e. The first kappa shape index (κ1) is 20.5. The van der Waals surface area contributed by atoms with Gasteiger partial charge < -0.3 is 5.32 Å². The van der Waals surface area contributed by atoms with Gasteiger partial charge in [-0.25, -0.2) is 12.8 Å². The summed E-state index contributed by atoms with van der Waals surface area (Å²) in [6.45, 7) is 1.69. The molecule has 3 rings (SSSR count). The highest BCUT2D eigenvalue weighted by atomic mass is 32.2. The Bertz CT molecular complexity index is 1070. The maximum Gasteiger partial charge on any atom is 0.264 e. The van der Waals surface area contributed by atoms with Gasteiger partial charge in [0.2, 0.25) is 5.91 Å². The monoisotopic (exact) mass is 413 g/mol.